The number of rotatable bonds is 10. The lowest BCUT2D eigenvalue weighted by molar-refractivity contribution is -0.919. The van der Waals surface area contributed by atoms with Gasteiger partial charge in [0.05, 0.1) is 29.6 Å². The summed E-state index contributed by atoms with van der Waals surface area (Å²) in [6.45, 7) is 13.1. The van der Waals surface area contributed by atoms with Crippen LogP contribution in [0.2, 0.25) is 0 Å². The van der Waals surface area contributed by atoms with Crippen molar-refractivity contribution in [1.29, 1.82) is 0 Å². The van der Waals surface area contributed by atoms with E-state index in [0.717, 1.165) is 28.2 Å². The molecule has 0 aliphatic heterocycles. The number of hydrogen-bond acceptors (Lipinski definition) is 5. The molecule has 0 saturated carbocycles. The molecule has 0 spiro atoms. The number of aryl methyl sites for hydroxylation is 2. The minimum atomic E-state index is -5.08. The van der Waals surface area contributed by atoms with Crippen molar-refractivity contribution in [2.24, 2.45) is 11.8 Å². The van der Waals surface area contributed by atoms with E-state index in [2.05, 4.69) is 0 Å². The summed E-state index contributed by atoms with van der Waals surface area (Å²) in [7, 11) is 0. The van der Waals surface area contributed by atoms with Crippen molar-refractivity contribution in [3.05, 3.63) is 98.7 Å². The van der Waals surface area contributed by atoms with Crippen molar-refractivity contribution in [3.63, 3.8) is 0 Å². The van der Waals surface area contributed by atoms with Gasteiger partial charge in [-0.2, -0.15) is 13.2 Å². The van der Waals surface area contributed by atoms with Crippen LogP contribution in [0.15, 0.2) is 63.8 Å². The second kappa shape index (κ2) is 13.2. The number of carbonyl (C=O) groups excluding carboxylic acids is 1. The third kappa shape index (κ3) is 7.66. The first-order valence-corrected chi connectivity index (χ1v) is 14.4. The van der Waals surface area contributed by atoms with E-state index >= 15 is 0 Å². The topological polar surface area (TPSA) is 70.2 Å². The van der Waals surface area contributed by atoms with E-state index in [1.165, 1.54) is 30.3 Å². The first-order chi connectivity index (χ1) is 20.6. The molecule has 4 aromatic rings. The van der Waals surface area contributed by atoms with Crippen LogP contribution in [-0.2, 0) is 12.7 Å². The molecule has 0 unspecified atom stereocenters. The van der Waals surface area contributed by atoms with Gasteiger partial charge in [0.25, 0.3) is 5.76 Å². The van der Waals surface area contributed by atoms with Crippen molar-refractivity contribution in [1.82, 2.24) is 0 Å². The molecule has 6 nitrogen and oxygen atoms in total. The summed E-state index contributed by atoms with van der Waals surface area (Å²) in [6, 6.07) is 12.0. The predicted octanol–water partition coefficient (Wildman–Crippen LogP) is 7.28. The van der Waals surface area contributed by atoms with Gasteiger partial charge in [-0.3, -0.25) is 4.79 Å². The van der Waals surface area contributed by atoms with Gasteiger partial charge in [-0.15, -0.1) is 0 Å². The third-order valence-corrected chi connectivity index (χ3v) is 7.14. The number of carbonyl (C=O) groups is 1. The van der Waals surface area contributed by atoms with Crippen LogP contribution in [0.4, 0.5) is 17.6 Å². The Morgan fingerprint density at radius 1 is 0.909 bits per heavy atom. The highest BCUT2D eigenvalue weighted by atomic mass is 19.4. The summed E-state index contributed by atoms with van der Waals surface area (Å²) < 4.78 is 73.6. The second-order valence-corrected chi connectivity index (χ2v) is 11.9. The van der Waals surface area contributed by atoms with Crippen LogP contribution in [-0.4, -0.2) is 19.1 Å². The molecule has 0 bridgehead atoms. The zero-order valence-electron chi connectivity index (χ0n) is 25.5. The van der Waals surface area contributed by atoms with Crippen molar-refractivity contribution in [2.45, 2.75) is 54.3 Å². The third-order valence-electron chi connectivity index (χ3n) is 7.14. The summed E-state index contributed by atoms with van der Waals surface area (Å²) in [4.78, 5) is 27.7. The smallest absolute Gasteiger partial charge is 0.449 e. The Morgan fingerprint density at radius 3 is 2.11 bits per heavy atom. The van der Waals surface area contributed by atoms with Crippen LogP contribution < -0.4 is 19.8 Å². The van der Waals surface area contributed by atoms with Gasteiger partial charge >= 0.3 is 12.1 Å². The van der Waals surface area contributed by atoms with Gasteiger partial charge in [-0.05, 0) is 73.5 Å². The highest BCUT2D eigenvalue weighted by Crippen LogP contribution is 2.40. The number of alkyl halides is 3. The molecule has 10 heteroatoms. The summed E-state index contributed by atoms with van der Waals surface area (Å²) in [5.74, 6) is -3.49. The van der Waals surface area contributed by atoms with Gasteiger partial charge in [-0.1, -0.05) is 33.8 Å². The first kappa shape index (κ1) is 32.7. The molecule has 0 aliphatic rings. The molecule has 0 fully saturated rings. The highest BCUT2D eigenvalue weighted by molar-refractivity contribution is 5.92. The summed E-state index contributed by atoms with van der Waals surface area (Å²) in [5, 5.41) is -0.151. The molecule has 0 amide bonds. The highest BCUT2D eigenvalue weighted by Gasteiger charge is 2.41. The number of halogens is 4. The van der Waals surface area contributed by atoms with E-state index < -0.39 is 34.9 Å². The van der Waals surface area contributed by atoms with E-state index in [9.17, 15) is 27.2 Å². The molecule has 0 aliphatic carbocycles. The number of fused-ring (bicyclic) bond motifs is 1. The zero-order valence-corrected chi connectivity index (χ0v) is 25.5. The van der Waals surface area contributed by atoms with Crippen molar-refractivity contribution in [3.8, 4) is 17.2 Å². The maximum absolute atomic E-state index is 14.5. The molecule has 4 rings (SSSR count). The lowest BCUT2D eigenvalue weighted by Gasteiger charge is -2.24. The fraction of sp³-hybridized carbons (Fsp3) is 0.353. The number of hydrogen-bond donors (Lipinski definition) is 1. The minimum Gasteiger partial charge on any atom is -0.449 e. The Balaban J connectivity index is 1.93. The summed E-state index contributed by atoms with van der Waals surface area (Å²) in [6.07, 6.45) is -5.08. The Hall–Kier alpha value is -4.18. The SMILES string of the molecule is Cc1ccc(Oc2c(C(F)(F)F)oc3c(C[NH+](CC(C)C)CC(C)C)c(OC(=O)c4ccc(F)cc4)ccc3c2=O)cc1C. The molecule has 0 atom stereocenters. The number of benzene rings is 3. The fourth-order valence-corrected chi connectivity index (χ4v) is 5.09. The molecule has 0 radical (unpaired) electrons. The Bertz CT molecular complexity index is 1700. The monoisotopic (exact) mass is 614 g/mol. The van der Waals surface area contributed by atoms with Crippen LogP contribution in [0.3, 0.4) is 0 Å². The van der Waals surface area contributed by atoms with Gasteiger partial charge in [0.2, 0.25) is 11.2 Å². The number of ether oxygens (including phenoxy) is 2. The summed E-state index contributed by atoms with van der Waals surface area (Å²) >= 11 is 0. The molecule has 1 heterocycles. The Labute approximate surface area is 253 Å². The maximum Gasteiger partial charge on any atom is 0.453 e. The van der Waals surface area contributed by atoms with Gasteiger partial charge in [0, 0.05) is 11.8 Å². The van der Waals surface area contributed by atoms with E-state index in [-0.39, 0.29) is 52.0 Å². The van der Waals surface area contributed by atoms with Gasteiger partial charge in [-0.25, -0.2) is 9.18 Å². The fourth-order valence-electron chi connectivity index (χ4n) is 5.09. The second-order valence-electron chi connectivity index (χ2n) is 11.9. The van der Waals surface area contributed by atoms with E-state index in [4.69, 9.17) is 13.9 Å². The Kier molecular flexibility index (Phi) is 9.83. The van der Waals surface area contributed by atoms with Crippen LogP contribution >= 0.6 is 0 Å². The standard InChI is InChI=1S/C34H35F4NO5/c1-19(2)16-39(17-20(3)4)18-27-28(43-33(41)23-8-10-24(35)11-9-23)14-13-26-29(40)31(32(34(36,37)38)44-30(26)27)42-25-12-7-21(5)22(6)15-25/h7-15,19-20H,16-18H2,1-6H3/p+1. The van der Waals surface area contributed by atoms with Gasteiger partial charge < -0.3 is 18.8 Å². The van der Waals surface area contributed by atoms with E-state index in [0.29, 0.717) is 13.1 Å². The molecule has 1 aromatic heterocycles. The van der Waals surface area contributed by atoms with Crippen molar-refractivity contribution < 1.29 is 41.1 Å². The maximum atomic E-state index is 14.5. The van der Waals surface area contributed by atoms with E-state index in [1.54, 1.807) is 19.1 Å². The summed E-state index contributed by atoms with van der Waals surface area (Å²) in [5.41, 5.74) is 0.499. The van der Waals surface area contributed by atoms with Gasteiger partial charge in [0.15, 0.2) is 5.58 Å². The number of nitrogens with one attached hydrogen (secondary N) is 1. The molecular weight excluding hydrogens is 578 g/mol. The quantitative estimate of drug-likeness (QED) is 0.116. The Morgan fingerprint density at radius 2 is 1.55 bits per heavy atom. The normalized spacial score (nSPS) is 12.0. The number of quaternary nitrogens is 1. The zero-order chi connectivity index (χ0) is 32.3. The predicted molar refractivity (Wildman–Crippen MR) is 159 cm³/mol. The average Bonchev–Trinajstić information content (AvgIpc) is 2.92. The molecule has 44 heavy (non-hydrogen) atoms. The molecule has 0 saturated heterocycles. The lowest BCUT2D eigenvalue weighted by Crippen LogP contribution is -3.11. The van der Waals surface area contributed by atoms with Crippen LogP contribution in [0.1, 0.15) is 60.5 Å². The van der Waals surface area contributed by atoms with Crippen LogP contribution in [0.5, 0.6) is 17.2 Å². The molecule has 1 N–H and O–H groups in total. The van der Waals surface area contributed by atoms with Crippen LogP contribution in [0, 0.1) is 31.5 Å². The molecule has 234 valence electrons. The number of esters is 1. The largest absolute Gasteiger partial charge is 0.453 e. The van der Waals surface area contributed by atoms with Crippen LogP contribution in [0.25, 0.3) is 11.0 Å². The molecule has 3 aromatic carbocycles. The van der Waals surface area contributed by atoms with Crippen molar-refractivity contribution >= 4 is 16.9 Å². The lowest BCUT2D eigenvalue weighted by atomic mass is 10.1. The van der Waals surface area contributed by atoms with Crippen molar-refractivity contribution in [2.75, 3.05) is 13.1 Å². The average molecular weight is 615 g/mol. The minimum absolute atomic E-state index is 0.0422. The van der Waals surface area contributed by atoms with E-state index in [1.807, 2.05) is 34.6 Å². The van der Waals surface area contributed by atoms with Gasteiger partial charge in [0.1, 0.15) is 23.9 Å². The first-order valence-electron chi connectivity index (χ1n) is 14.4. The molecular formula is C34H36F4NO5+.